The van der Waals surface area contributed by atoms with Gasteiger partial charge in [-0.25, -0.2) is 0 Å². The Kier molecular flexibility index (Phi) is 6.68. The van der Waals surface area contributed by atoms with Crippen LogP contribution in [-0.2, 0) is 0 Å². The van der Waals surface area contributed by atoms with Gasteiger partial charge in [-0.2, -0.15) is 0 Å². The summed E-state index contributed by atoms with van der Waals surface area (Å²) in [7, 11) is 0. The molecule has 1 unspecified atom stereocenters. The second-order valence-electron chi connectivity index (χ2n) is 8.99. The normalized spacial score (nSPS) is 11.8. The number of benzene rings is 5. The van der Waals surface area contributed by atoms with Gasteiger partial charge in [0.1, 0.15) is 22.9 Å². The van der Waals surface area contributed by atoms with Crippen molar-refractivity contribution in [2.24, 2.45) is 5.18 Å². The Balaban J connectivity index is 1.57. The van der Waals surface area contributed by atoms with Gasteiger partial charge in [-0.15, -0.1) is 4.91 Å². The number of aromatic hydroxyl groups is 3. The molecule has 5 aromatic carbocycles. The van der Waals surface area contributed by atoms with E-state index in [0.29, 0.717) is 5.69 Å². The Labute approximate surface area is 214 Å². The molecule has 0 amide bonds. The van der Waals surface area contributed by atoms with E-state index in [2.05, 4.69) is 29.4 Å². The molecule has 0 bridgehead atoms. The summed E-state index contributed by atoms with van der Waals surface area (Å²) in [5, 5.41) is 32.4. The van der Waals surface area contributed by atoms with Crippen LogP contribution in [0.3, 0.4) is 0 Å². The van der Waals surface area contributed by atoms with Crippen molar-refractivity contribution < 1.29 is 15.3 Å². The summed E-state index contributed by atoms with van der Waals surface area (Å²) in [6.45, 7) is 0. The summed E-state index contributed by atoms with van der Waals surface area (Å²) < 4.78 is 0. The fourth-order valence-corrected chi connectivity index (χ4v) is 4.76. The maximum absolute atomic E-state index is 10.9. The molecule has 0 aliphatic rings. The molecule has 0 aromatic heterocycles. The molecule has 0 saturated carbocycles. The first-order chi connectivity index (χ1) is 18.0. The molecule has 0 radical (unpaired) electrons. The van der Waals surface area contributed by atoms with E-state index in [1.807, 2.05) is 48.5 Å². The summed E-state index contributed by atoms with van der Waals surface area (Å²) >= 11 is 0. The summed E-state index contributed by atoms with van der Waals surface area (Å²) in [6.07, 6.45) is 0. The third-order valence-electron chi connectivity index (χ3n) is 6.61. The second kappa shape index (κ2) is 10.4. The quantitative estimate of drug-likeness (QED) is 0.163. The lowest BCUT2D eigenvalue weighted by atomic mass is 9.81. The van der Waals surface area contributed by atoms with Gasteiger partial charge >= 0.3 is 0 Å². The molecule has 182 valence electrons. The van der Waals surface area contributed by atoms with Crippen molar-refractivity contribution in [3.05, 3.63) is 160 Å². The van der Waals surface area contributed by atoms with Crippen molar-refractivity contribution in [1.29, 1.82) is 0 Å². The van der Waals surface area contributed by atoms with E-state index in [9.17, 15) is 20.2 Å². The molecule has 0 aliphatic carbocycles. The molecule has 3 N–H and O–H groups in total. The molecule has 0 spiro atoms. The van der Waals surface area contributed by atoms with Crippen molar-refractivity contribution in [1.82, 2.24) is 0 Å². The van der Waals surface area contributed by atoms with Crippen LogP contribution >= 0.6 is 0 Å². The first-order valence-electron chi connectivity index (χ1n) is 11.9. The third kappa shape index (κ3) is 5.21. The predicted octanol–water partition coefficient (Wildman–Crippen LogP) is 7.56. The zero-order valence-electron chi connectivity index (χ0n) is 19.9. The molecular formula is C32H25NO4. The van der Waals surface area contributed by atoms with Crippen LogP contribution in [0.1, 0.15) is 45.2 Å². The minimum Gasteiger partial charge on any atom is -0.508 e. The minimum atomic E-state index is -0.115. The Morgan fingerprint density at radius 3 is 0.838 bits per heavy atom. The average molecular weight is 488 g/mol. The molecule has 0 aliphatic heterocycles. The first-order valence-corrected chi connectivity index (χ1v) is 11.9. The van der Waals surface area contributed by atoms with Crippen LogP contribution in [0.5, 0.6) is 17.2 Å². The number of hydrogen-bond acceptors (Lipinski definition) is 5. The molecular weight excluding hydrogens is 462 g/mol. The number of nitrogens with zero attached hydrogens (tertiary/aromatic N) is 1. The van der Waals surface area contributed by atoms with Gasteiger partial charge in [0.05, 0.1) is 0 Å². The molecule has 5 aromatic rings. The zero-order chi connectivity index (χ0) is 25.8. The largest absolute Gasteiger partial charge is 0.508 e. The van der Waals surface area contributed by atoms with Crippen molar-refractivity contribution in [2.45, 2.75) is 11.8 Å². The SMILES string of the molecule is O=Nc1ccc(C(c2ccc(O)cc2)c2ccc(C(c3ccc(O)cc3)c3ccc(O)cc3)cc2)cc1. The molecule has 37 heavy (non-hydrogen) atoms. The summed E-state index contributed by atoms with van der Waals surface area (Å²) in [4.78, 5) is 10.9. The number of hydrogen-bond donors (Lipinski definition) is 3. The topological polar surface area (TPSA) is 90.1 Å². The Morgan fingerprint density at radius 2 is 0.595 bits per heavy atom. The van der Waals surface area contributed by atoms with E-state index in [1.165, 1.54) is 0 Å². The van der Waals surface area contributed by atoms with Crippen LogP contribution < -0.4 is 0 Å². The Hall–Kier alpha value is -4.90. The number of phenolic OH excluding ortho intramolecular Hbond substituents is 3. The predicted molar refractivity (Wildman–Crippen MR) is 145 cm³/mol. The fraction of sp³-hybridized carbons (Fsp3) is 0.0625. The van der Waals surface area contributed by atoms with Crippen LogP contribution in [0.25, 0.3) is 0 Å². The van der Waals surface area contributed by atoms with Gasteiger partial charge in [-0.05, 0) is 87.1 Å². The van der Waals surface area contributed by atoms with Gasteiger partial charge in [-0.3, -0.25) is 0 Å². The van der Waals surface area contributed by atoms with Crippen LogP contribution in [0.15, 0.2) is 127 Å². The van der Waals surface area contributed by atoms with Crippen LogP contribution in [0.4, 0.5) is 5.69 Å². The third-order valence-corrected chi connectivity index (χ3v) is 6.61. The average Bonchev–Trinajstić information content (AvgIpc) is 2.93. The van der Waals surface area contributed by atoms with Gasteiger partial charge in [0.2, 0.25) is 0 Å². The van der Waals surface area contributed by atoms with E-state index >= 15 is 0 Å². The molecule has 5 nitrogen and oxygen atoms in total. The smallest absolute Gasteiger partial charge is 0.115 e. The fourth-order valence-electron chi connectivity index (χ4n) is 4.76. The van der Waals surface area contributed by atoms with E-state index in [4.69, 9.17) is 0 Å². The highest BCUT2D eigenvalue weighted by atomic mass is 16.3. The Bertz CT molecular complexity index is 1430. The lowest BCUT2D eigenvalue weighted by Gasteiger charge is -2.22. The molecule has 5 rings (SSSR count). The summed E-state index contributed by atoms with van der Waals surface area (Å²) in [5.41, 5.74) is 6.52. The van der Waals surface area contributed by atoms with Gasteiger partial charge in [-0.1, -0.05) is 72.8 Å². The lowest BCUT2D eigenvalue weighted by molar-refractivity contribution is 0.474. The second-order valence-corrected chi connectivity index (χ2v) is 8.99. The van der Waals surface area contributed by atoms with E-state index in [1.54, 1.807) is 48.5 Å². The molecule has 5 heteroatoms. The monoisotopic (exact) mass is 487 g/mol. The van der Waals surface area contributed by atoms with Crippen LogP contribution in [-0.4, -0.2) is 15.3 Å². The van der Waals surface area contributed by atoms with Crippen LogP contribution in [0.2, 0.25) is 0 Å². The van der Waals surface area contributed by atoms with E-state index in [-0.39, 0.29) is 29.1 Å². The van der Waals surface area contributed by atoms with Crippen molar-refractivity contribution in [2.75, 3.05) is 0 Å². The standard InChI is InChI=1S/C32H25NO4/c34-28-15-7-24(8-16-28)31(23-5-13-27(33-37)14-6-23)21-1-3-22(4-2-21)32(25-9-17-29(35)18-10-25)26-11-19-30(36)20-12-26/h1-20,31-32,34-36H. The highest BCUT2D eigenvalue weighted by Crippen LogP contribution is 2.37. The maximum atomic E-state index is 10.9. The number of rotatable bonds is 7. The highest BCUT2D eigenvalue weighted by Gasteiger charge is 2.20. The molecule has 0 heterocycles. The van der Waals surface area contributed by atoms with Gasteiger partial charge in [0.15, 0.2) is 0 Å². The molecule has 1 atom stereocenters. The molecule has 0 fully saturated rings. The van der Waals surface area contributed by atoms with Gasteiger partial charge in [0, 0.05) is 11.8 Å². The highest BCUT2D eigenvalue weighted by molar-refractivity contribution is 5.51. The lowest BCUT2D eigenvalue weighted by Crippen LogP contribution is -2.06. The van der Waals surface area contributed by atoms with E-state index < -0.39 is 0 Å². The summed E-state index contributed by atoms with van der Waals surface area (Å²) in [5.74, 6) is 0.396. The molecule has 0 saturated heterocycles. The minimum absolute atomic E-state index is 0.0969. The van der Waals surface area contributed by atoms with Crippen molar-refractivity contribution >= 4 is 5.69 Å². The first kappa shape index (κ1) is 23.8. The van der Waals surface area contributed by atoms with Crippen LogP contribution in [0, 0.1) is 4.91 Å². The number of nitroso groups, excluding NO2 is 1. The zero-order valence-corrected chi connectivity index (χ0v) is 19.9. The Morgan fingerprint density at radius 1 is 0.378 bits per heavy atom. The number of phenols is 3. The van der Waals surface area contributed by atoms with E-state index in [0.717, 1.165) is 33.4 Å². The van der Waals surface area contributed by atoms with Crippen molar-refractivity contribution in [3.63, 3.8) is 0 Å². The van der Waals surface area contributed by atoms with Gasteiger partial charge < -0.3 is 15.3 Å². The van der Waals surface area contributed by atoms with Gasteiger partial charge in [0.25, 0.3) is 0 Å². The van der Waals surface area contributed by atoms with Crippen molar-refractivity contribution in [3.8, 4) is 17.2 Å². The summed E-state index contributed by atoms with van der Waals surface area (Å²) in [6, 6.07) is 37.0. The maximum Gasteiger partial charge on any atom is 0.115 e.